The number of rotatable bonds is 6. The number of carbonyl (C=O) groups is 1. The predicted octanol–water partition coefficient (Wildman–Crippen LogP) is 6.13. The van der Waals surface area contributed by atoms with Crippen molar-refractivity contribution in [3.63, 3.8) is 0 Å². The van der Waals surface area contributed by atoms with Gasteiger partial charge in [-0.3, -0.25) is 9.36 Å². The Balaban J connectivity index is 1.52. The maximum atomic E-state index is 14.2. The van der Waals surface area contributed by atoms with Crippen molar-refractivity contribution in [2.24, 2.45) is 0 Å². The summed E-state index contributed by atoms with van der Waals surface area (Å²) in [6, 6.07) is 18.9. The Hall–Kier alpha value is -3.92. The zero-order chi connectivity index (χ0) is 29.3. The van der Waals surface area contributed by atoms with Crippen molar-refractivity contribution < 1.29 is 27.8 Å². The maximum absolute atomic E-state index is 14.2. The number of carboxylic acid groups (broad SMARTS) is 1. The number of anilines is 1. The number of alkyl halides is 3. The van der Waals surface area contributed by atoms with Crippen LogP contribution in [0.4, 0.5) is 18.9 Å². The molecule has 0 spiro atoms. The van der Waals surface area contributed by atoms with Gasteiger partial charge in [-0.25, -0.2) is 4.79 Å². The van der Waals surface area contributed by atoms with Crippen LogP contribution in [0.5, 0.6) is 5.75 Å². The van der Waals surface area contributed by atoms with E-state index < -0.39 is 40.0 Å². The average molecular weight is 581 g/mol. The van der Waals surface area contributed by atoms with Crippen molar-refractivity contribution in [2.45, 2.75) is 40.8 Å². The van der Waals surface area contributed by atoms with Crippen LogP contribution in [0.2, 0.25) is 0 Å². The van der Waals surface area contributed by atoms with E-state index in [0.29, 0.717) is 34.0 Å². The lowest BCUT2D eigenvalue weighted by Crippen LogP contribution is -2.61. The molecule has 1 saturated carbocycles. The monoisotopic (exact) mass is 580 g/mol. The Bertz CT molecular complexity index is 1760. The van der Waals surface area contributed by atoms with Gasteiger partial charge in [0, 0.05) is 32.0 Å². The third kappa shape index (κ3) is 4.02. The maximum Gasteiger partial charge on any atom is 0.416 e. The molecule has 6 rings (SSSR count). The number of aliphatic carboxylic acids is 1. The summed E-state index contributed by atoms with van der Waals surface area (Å²) in [5, 5.41) is 12.3. The highest BCUT2D eigenvalue weighted by atomic mass is 32.2. The van der Waals surface area contributed by atoms with Gasteiger partial charge in [0.05, 0.1) is 17.9 Å². The number of fused-ring (bicyclic) bond motifs is 4. The Morgan fingerprint density at radius 2 is 1.83 bits per heavy atom. The second-order valence-corrected chi connectivity index (χ2v) is 11.8. The van der Waals surface area contributed by atoms with Crippen LogP contribution in [0.3, 0.4) is 0 Å². The Labute approximate surface area is 238 Å². The van der Waals surface area contributed by atoms with Crippen molar-refractivity contribution in [3.05, 3.63) is 99.3 Å². The molecule has 0 amide bonds. The Morgan fingerprint density at radius 1 is 1.12 bits per heavy atom. The van der Waals surface area contributed by atoms with Crippen molar-refractivity contribution in [1.82, 2.24) is 4.57 Å². The van der Waals surface area contributed by atoms with E-state index in [-0.39, 0.29) is 6.42 Å². The Kier molecular flexibility index (Phi) is 6.37. The Morgan fingerprint density at radius 3 is 2.51 bits per heavy atom. The first kappa shape index (κ1) is 27.3. The van der Waals surface area contributed by atoms with Gasteiger partial charge in [0.2, 0.25) is 0 Å². The number of halogens is 3. The van der Waals surface area contributed by atoms with E-state index in [1.165, 1.54) is 29.5 Å². The fourth-order valence-corrected chi connectivity index (χ4v) is 8.22. The third-order valence-corrected chi connectivity index (χ3v) is 9.84. The van der Waals surface area contributed by atoms with Crippen LogP contribution in [0.15, 0.2) is 76.6 Å². The molecule has 4 aromatic rings. The second-order valence-electron chi connectivity index (χ2n) is 10.7. The highest BCUT2D eigenvalue weighted by Crippen LogP contribution is 2.64. The van der Waals surface area contributed by atoms with E-state index in [1.54, 1.807) is 25.1 Å². The number of methoxy groups -OCH3 is 1. The summed E-state index contributed by atoms with van der Waals surface area (Å²) >= 11 is 1.20. The van der Waals surface area contributed by atoms with E-state index in [1.807, 2.05) is 42.5 Å². The molecule has 2 unspecified atom stereocenters. The molecule has 1 aliphatic carbocycles. The zero-order valence-corrected chi connectivity index (χ0v) is 23.3. The van der Waals surface area contributed by atoms with Crippen LogP contribution in [-0.4, -0.2) is 42.1 Å². The minimum absolute atomic E-state index is 0.00703. The smallest absolute Gasteiger partial charge is 0.416 e. The molecule has 2 aliphatic rings. The molecule has 3 atom stereocenters. The van der Waals surface area contributed by atoms with E-state index >= 15 is 0 Å². The summed E-state index contributed by atoms with van der Waals surface area (Å²) in [6.07, 6.45) is -4.16. The molecule has 212 valence electrons. The molecule has 1 fully saturated rings. The number of hydrogen-bond acceptors (Lipinski definition) is 5. The molecule has 1 aromatic heterocycles. The van der Waals surface area contributed by atoms with Gasteiger partial charge in [-0.2, -0.15) is 13.2 Å². The van der Waals surface area contributed by atoms with Gasteiger partial charge in [-0.1, -0.05) is 72.4 Å². The standard InChI is InChI=1S/C31H27F3N2O4S/c1-35(2)24-22(15-19-10-6-9-17-8-4-5-13-21(17)19)25(40-3)28-36(27(24)37)30(29(38)39)16-23(26(30)41-28)18-11-7-12-20(14-18)31(32,33)34/h4-14,23,26H,15-16H2,1-3H3,(H,38,39)/t23-,26?,30?/m0/s1. The number of carboxylic acids is 1. The summed E-state index contributed by atoms with van der Waals surface area (Å²) in [4.78, 5) is 28.8. The second kappa shape index (κ2) is 9.58. The van der Waals surface area contributed by atoms with E-state index in [9.17, 15) is 27.9 Å². The largest absolute Gasteiger partial charge is 0.494 e. The molecular weight excluding hydrogens is 553 g/mol. The normalized spacial score (nSPS) is 21.2. The highest BCUT2D eigenvalue weighted by molar-refractivity contribution is 8.00. The van der Waals surface area contributed by atoms with Crippen LogP contribution < -0.4 is 15.2 Å². The minimum atomic E-state index is -4.52. The molecule has 0 saturated heterocycles. The topological polar surface area (TPSA) is 71.8 Å². The zero-order valence-electron chi connectivity index (χ0n) is 22.5. The van der Waals surface area contributed by atoms with E-state index in [2.05, 4.69) is 0 Å². The van der Waals surface area contributed by atoms with Crippen LogP contribution in [0.1, 0.15) is 34.6 Å². The van der Waals surface area contributed by atoms with Gasteiger partial charge in [-0.05, 0) is 34.4 Å². The first-order valence-corrected chi connectivity index (χ1v) is 13.9. The van der Waals surface area contributed by atoms with Crippen LogP contribution in [0, 0.1) is 0 Å². The van der Waals surface area contributed by atoms with Gasteiger partial charge in [0.25, 0.3) is 5.56 Å². The minimum Gasteiger partial charge on any atom is -0.494 e. The summed E-state index contributed by atoms with van der Waals surface area (Å²) in [6.45, 7) is 0. The SMILES string of the molecule is COc1c(Cc2cccc3ccccc23)c(N(C)C)c(=O)n2c1SC1[C@H](c3cccc(C(F)(F)F)c3)CC12C(=O)O. The fraction of sp³-hybridized carbons (Fsp3) is 0.290. The lowest BCUT2D eigenvalue weighted by atomic mass is 9.64. The van der Waals surface area contributed by atoms with E-state index in [0.717, 1.165) is 28.5 Å². The van der Waals surface area contributed by atoms with Gasteiger partial charge in [0.15, 0.2) is 11.3 Å². The summed E-state index contributed by atoms with van der Waals surface area (Å²) < 4.78 is 47.6. The molecule has 0 bridgehead atoms. The number of benzene rings is 3. The van der Waals surface area contributed by atoms with Gasteiger partial charge >= 0.3 is 12.1 Å². The first-order valence-electron chi connectivity index (χ1n) is 13.1. The van der Waals surface area contributed by atoms with Crippen molar-refractivity contribution in [3.8, 4) is 5.75 Å². The van der Waals surface area contributed by atoms with Gasteiger partial charge < -0.3 is 14.7 Å². The number of ether oxygens (including phenoxy) is 1. The van der Waals surface area contributed by atoms with Crippen LogP contribution >= 0.6 is 11.8 Å². The molecule has 2 heterocycles. The van der Waals surface area contributed by atoms with Crippen LogP contribution in [-0.2, 0) is 22.9 Å². The predicted molar refractivity (Wildman–Crippen MR) is 152 cm³/mol. The molecule has 6 nitrogen and oxygen atoms in total. The summed E-state index contributed by atoms with van der Waals surface area (Å²) in [5.74, 6) is -1.27. The van der Waals surface area contributed by atoms with Crippen molar-refractivity contribution >= 4 is 34.2 Å². The van der Waals surface area contributed by atoms with Gasteiger partial charge in [0.1, 0.15) is 10.7 Å². The first-order chi connectivity index (χ1) is 19.5. The van der Waals surface area contributed by atoms with E-state index in [4.69, 9.17) is 4.74 Å². The summed E-state index contributed by atoms with van der Waals surface area (Å²) in [7, 11) is 4.95. The third-order valence-electron chi connectivity index (χ3n) is 8.28. The number of thioether (sulfide) groups is 1. The molecule has 3 aromatic carbocycles. The van der Waals surface area contributed by atoms with Gasteiger partial charge in [-0.15, -0.1) is 0 Å². The number of hydrogen-bond donors (Lipinski definition) is 1. The quantitative estimate of drug-likeness (QED) is 0.296. The number of pyridine rings is 1. The molecule has 0 radical (unpaired) electrons. The van der Waals surface area contributed by atoms with Crippen LogP contribution in [0.25, 0.3) is 10.8 Å². The fourth-order valence-electron chi connectivity index (χ4n) is 6.40. The lowest BCUT2D eigenvalue weighted by Gasteiger charge is -2.48. The highest BCUT2D eigenvalue weighted by Gasteiger charge is 2.67. The molecule has 1 aliphatic heterocycles. The molecule has 1 N–H and O–H groups in total. The average Bonchev–Trinajstić information content (AvgIpc) is 3.18. The molecule has 10 heteroatoms. The lowest BCUT2D eigenvalue weighted by molar-refractivity contribution is -0.153. The van der Waals surface area contributed by atoms with Crippen molar-refractivity contribution in [1.29, 1.82) is 0 Å². The number of aromatic nitrogens is 1. The number of nitrogens with zero attached hydrogens (tertiary/aromatic N) is 2. The summed E-state index contributed by atoms with van der Waals surface area (Å²) in [5.41, 5.74) is -0.511. The van der Waals surface area contributed by atoms with Crippen molar-refractivity contribution in [2.75, 3.05) is 26.1 Å². The molecular formula is C31H27F3N2O4S. The molecule has 41 heavy (non-hydrogen) atoms.